The summed E-state index contributed by atoms with van der Waals surface area (Å²) in [5, 5.41) is 2.66. The SMILES string of the molecule is O=C(Nc1ccc(F)c(Cl)c1)N1CCc2nc(-c3ccc(F)cc3)ncc2C1. The van der Waals surface area contributed by atoms with Crippen molar-refractivity contribution < 1.29 is 13.6 Å². The normalized spacial score (nSPS) is 13.2. The fourth-order valence-electron chi connectivity index (χ4n) is 3.00. The molecule has 0 saturated carbocycles. The van der Waals surface area contributed by atoms with E-state index in [1.165, 1.54) is 30.3 Å². The molecule has 0 atom stereocenters. The Morgan fingerprint density at radius 1 is 1.14 bits per heavy atom. The Morgan fingerprint density at radius 2 is 1.93 bits per heavy atom. The highest BCUT2D eigenvalue weighted by Gasteiger charge is 2.23. The maximum absolute atomic E-state index is 13.2. The molecule has 8 heteroatoms. The molecule has 0 radical (unpaired) electrons. The van der Waals surface area contributed by atoms with E-state index in [0.717, 1.165) is 16.8 Å². The first-order valence-electron chi connectivity index (χ1n) is 8.61. The van der Waals surface area contributed by atoms with Gasteiger partial charge in [0.05, 0.1) is 17.3 Å². The fourth-order valence-corrected chi connectivity index (χ4v) is 3.18. The number of halogens is 3. The minimum absolute atomic E-state index is 0.0523. The molecule has 0 unspecified atom stereocenters. The Bertz CT molecular complexity index is 1040. The van der Waals surface area contributed by atoms with Crippen LogP contribution in [0.15, 0.2) is 48.7 Å². The molecule has 2 heterocycles. The quantitative estimate of drug-likeness (QED) is 0.680. The van der Waals surface area contributed by atoms with Gasteiger partial charge < -0.3 is 10.2 Å². The van der Waals surface area contributed by atoms with Crippen LogP contribution in [0.2, 0.25) is 5.02 Å². The first-order valence-corrected chi connectivity index (χ1v) is 8.99. The number of amides is 2. The highest BCUT2D eigenvalue weighted by molar-refractivity contribution is 6.31. The summed E-state index contributed by atoms with van der Waals surface area (Å²) in [6.07, 6.45) is 2.26. The van der Waals surface area contributed by atoms with Gasteiger partial charge in [-0.2, -0.15) is 0 Å². The smallest absolute Gasteiger partial charge is 0.320 e. The lowest BCUT2D eigenvalue weighted by Gasteiger charge is -2.28. The zero-order chi connectivity index (χ0) is 19.7. The fraction of sp³-hybridized carbons (Fsp3) is 0.150. The Morgan fingerprint density at radius 3 is 2.68 bits per heavy atom. The van der Waals surface area contributed by atoms with Crippen LogP contribution in [0.4, 0.5) is 19.3 Å². The monoisotopic (exact) mass is 400 g/mol. The third-order valence-electron chi connectivity index (χ3n) is 4.49. The summed E-state index contributed by atoms with van der Waals surface area (Å²) in [4.78, 5) is 23.0. The number of benzene rings is 2. The van der Waals surface area contributed by atoms with Gasteiger partial charge in [0.2, 0.25) is 0 Å². The molecule has 28 heavy (non-hydrogen) atoms. The van der Waals surface area contributed by atoms with Gasteiger partial charge in [0.1, 0.15) is 11.6 Å². The zero-order valence-corrected chi connectivity index (χ0v) is 15.4. The third-order valence-corrected chi connectivity index (χ3v) is 4.78. The molecule has 0 fully saturated rings. The number of anilines is 1. The van der Waals surface area contributed by atoms with Crippen molar-refractivity contribution in [3.05, 3.63) is 76.6 Å². The van der Waals surface area contributed by atoms with E-state index in [1.807, 2.05) is 0 Å². The van der Waals surface area contributed by atoms with E-state index in [4.69, 9.17) is 11.6 Å². The molecule has 1 aromatic heterocycles. The third kappa shape index (κ3) is 3.80. The predicted octanol–water partition coefficient (Wildman–Crippen LogP) is 4.67. The maximum atomic E-state index is 13.2. The summed E-state index contributed by atoms with van der Waals surface area (Å²) in [5.41, 5.74) is 2.87. The molecule has 0 aliphatic carbocycles. The van der Waals surface area contributed by atoms with Gasteiger partial charge in [-0.3, -0.25) is 0 Å². The van der Waals surface area contributed by atoms with Crippen molar-refractivity contribution in [1.82, 2.24) is 14.9 Å². The standard InChI is InChI=1S/C20H15ClF2N4O/c21-16-9-15(5-6-17(16)23)25-20(28)27-8-7-18-13(11-27)10-24-19(26-18)12-1-3-14(22)4-2-12/h1-6,9-10H,7-8,11H2,(H,25,28). The maximum Gasteiger partial charge on any atom is 0.322 e. The molecule has 4 rings (SSSR count). The molecule has 1 aliphatic rings. The summed E-state index contributed by atoms with van der Waals surface area (Å²) in [5.74, 6) is -0.330. The molecule has 3 aromatic rings. The Kier molecular flexibility index (Phi) is 4.92. The number of aromatic nitrogens is 2. The van der Waals surface area contributed by atoms with Crippen molar-refractivity contribution in [2.24, 2.45) is 0 Å². The Labute approximate surface area is 165 Å². The van der Waals surface area contributed by atoms with Crippen LogP contribution in [-0.2, 0) is 13.0 Å². The highest BCUT2D eigenvalue weighted by atomic mass is 35.5. The van der Waals surface area contributed by atoms with Gasteiger partial charge in [0, 0.05) is 36.0 Å². The second-order valence-corrected chi connectivity index (χ2v) is 6.81. The minimum atomic E-state index is -0.541. The number of hydrogen-bond donors (Lipinski definition) is 1. The zero-order valence-electron chi connectivity index (χ0n) is 14.6. The lowest BCUT2D eigenvalue weighted by molar-refractivity contribution is 0.206. The number of nitrogens with one attached hydrogen (secondary N) is 1. The predicted molar refractivity (Wildman–Crippen MR) is 102 cm³/mol. The van der Waals surface area contributed by atoms with Gasteiger partial charge in [0.15, 0.2) is 5.82 Å². The van der Waals surface area contributed by atoms with Crippen molar-refractivity contribution >= 4 is 23.3 Å². The van der Waals surface area contributed by atoms with Crippen LogP contribution in [0.3, 0.4) is 0 Å². The van der Waals surface area contributed by atoms with E-state index < -0.39 is 5.82 Å². The van der Waals surface area contributed by atoms with Gasteiger partial charge in [-0.05, 0) is 42.5 Å². The van der Waals surface area contributed by atoms with E-state index in [9.17, 15) is 13.6 Å². The lowest BCUT2D eigenvalue weighted by Crippen LogP contribution is -2.39. The number of rotatable bonds is 2. The van der Waals surface area contributed by atoms with Crippen LogP contribution in [0.1, 0.15) is 11.3 Å². The van der Waals surface area contributed by atoms with Gasteiger partial charge in [0.25, 0.3) is 0 Å². The summed E-state index contributed by atoms with van der Waals surface area (Å²) in [7, 11) is 0. The Balaban J connectivity index is 1.47. The van der Waals surface area contributed by atoms with Crippen molar-refractivity contribution in [3.63, 3.8) is 0 Å². The molecule has 1 N–H and O–H groups in total. The van der Waals surface area contributed by atoms with Crippen LogP contribution in [0.5, 0.6) is 0 Å². The largest absolute Gasteiger partial charge is 0.322 e. The molecule has 2 amide bonds. The van der Waals surface area contributed by atoms with Crippen molar-refractivity contribution in [3.8, 4) is 11.4 Å². The van der Waals surface area contributed by atoms with E-state index in [2.05, 4.69) is 15.3 Å². The average Bonchev–Trinajstić information content (AvgIpc) is 2.70. The number of fused-ring (bicyclic) bond motifs is 1. The van der Waals surface area contributed by atoms with E-state index in [1.54, 1.807) is 23.2 Å². The van der Waals surface area contributed by atoms with Crippen LogP contribution in [-0.4, -0.2) is 27.4 Å². The summed E-state index contributed by atoms with van der Waals surface area (Å²) < 4.78 is 26.3. The van der Waals surface area contributed by atoms with E-state index in [0.29, 0.717) is 31.0 Å². The van der Waals surface area contributed by atoms with Gasteiger partial charge in [-0.15, -0.1) is 0 Å². The minimum Gasteiger partial charge on any atom is -0.320 e. The number of urea groups is 1. The van der Waals surface area contributed by atoms with Crippen molar-refractivity contribution in [2.75, 3.05) is 11.9 Å². The van der Waals surface area contributed by atoms with Gasteiger partial charge >= 0.3 is 6.03 Å². The Hall–Kier alpha value is -3.06. The molecule has 0 spiro atoms. The number of carbonyl (C=O) groups is 1. The van der Waals surface area contributed by atoms with E-state index >= 15 is 0 Å². The molecular formula is C20H15ClF2N4O. The molecule has 142 valence electrons. The first kappa shape index (κ1) is 18.3. The van der Waals surface area contributed by atoms with Crippen LogP contribution in [0.25, 0.3) is 11.4 Å². The second-order valence-electron chi connectivity index (χ2n) is 6.40. The summed E-state index contributed by atoms with van der Waals surface area (Å²) in [6, 6.07) is 9.71. The van der Waals surface area contributed by atoms with Gasteiger partial charge in [-0.25, -0.2) is 23.5 Å². The average molecular weight is 401 g/mol. The number of hydrogen-bond acceptors (Lipinski definition) is 3. The van der Waals surface area contributed by atoms with Crippen LogP contribution in [0, 0.1) is 11.6 Å². The molecule has 0 saturated heterocycles. The number of nitrogens with zero attached hydrogens (tertiary/aromatic N) is 3. The lowest BCUT2D eigenvalue weighted by atomic mass is 10.1. The van der Waals surface area contributed by atoms with E-state index in [-0.39, 0.29) is 16.9 Å². The molecule has 5 nitrogen and oxygen atoms in total. The molecular weight excluding hydrogens is 386 g/mol. The molecule has 1 aliphatic heterocycles. The van der Waals surface area contributed by atoms with Crippen molar-refractivity contribution in [2.45, 2.75) is 13.0 Å². The first-order chi connectivity index (χ1) is 13.5. The topological polar surface area (TPSA) is 58.1 Å². The van der Waals surface area contributed by atoms with Crippen LogP contribution >= 0.6 is 11.6 Å². The highest BCUT2D eigenvalue weighted by Crippen LogP contribution is 2.23. The van der Waals surface area contributed by atoms with Crippen molar-refractivity contribution in [1.29, 1.82) is 0 Å². The molecule has 2 aromatic carbocycles. The van der Waals surface area contributed by atoms with Gasteiger partial charge in [-0.1, -0.05) is 11.6 Å². The van der Waals surface area contributed by atoms with Crippen LogP contribution < -0.4 is 5.32 Å². The molecule has 0 bridgehead atoms. The number of carbonyl (C=O) groups excluding carboxylic acids is 1. The summed E-state index contributed by atoms with van der Waals surface area (Å²) in [6.45, 7) is 0.841. The second kappa shape index (κ2) is 7.52. The summed E-state index contributed by atoms with van der Waals surface area (Å²) >= 11 is 5.75.